The van der Waals surface area contributed by atoms with Crippen LogP contribution >= 0.6 is 0 Å². The molecule has 0 bridgehead atoms. The third kappa shape index (κ3) is 3.63. The highest BCUT2D eigenvalue weighted by atomic mass is 19.1. The minimum absolute atomic E-state index is 0.131. The van der Waals surface area contributed by atoms with Crippen molar-refractivity contribution < 1.29 is 14.0 Å². The molecule has 2 heterocycles. The van der Waals surface area contributed by atoms with Gasteiger partial charge in [-0.15, -0.1) is 0 Å². The lowest BCUT2D eigenvalue weighted by Gasteiger charge is -2.24. The number of carbonyl (C=O) groups excluding carboxylic acids is 2. The van der Waals surface area contributed by atoms with Gasteiger partial charge in [-0.1, -0.05) is 19.1 Å². The fourth-order valence-electron chi connectivity index (χ4n) is 3.68. The number of hydrogen-bond acceptors (Lipinski definition) is 3. The molecule has 2 N–H and O–H groups in total. The zero-order valence-corrected chi connectivity index (χ0v) is 16.2. The number of aryl methyl sites for hydroxylation is 2. The molecule has 0 unspecified atom stereocenters. The van der Waals surface area contributed by atoms with Gasteiger partial charge in [-0.25, -0.2) is 4.39 Å². The van der Waals surface area contributed by atoms with E-state index in [1.54, 1.807) is 23.0 Å². The van der Waals surface area contributed by atoms with Crippen LogP contribution in [0.2, 0.25) is 0 Å². The molecule has 7 heteroatoms. The summed E-state index contributed by atoms with van der Waals surface area (Å²) in [6, 6.07) is 9.82. The summed E-state index contributed by atoms with van der Waals surface area (Å²) < 4.78 is 15.1. The second-order valence-corrected chi connectivity index (χ2v) is 7.12. The number of amides is 2. The van der Waals surface area contributed by atoms with Crippen LogP contribution in [0.3, 0.4) is 0 Å². The van der Waals surface area contributed by atoms with Gasteiger partial charge in [0.25, 0.3) is 5.91 Å². The van der Waals surface area contributed by atoms with Crippen LogP contribution in [0.4, 0.5) is 10.1 Å². The van der Waals surface area contributed by atoms with E-state index in [0.29, 0.717) is 11.3 Å². The fourth-order valence-corrected chi connectivity index (χ4v) is 3.68. The van der Waals surface area contributed by atoms with Crippen LogP contribution in [-0.4, -0.2) is 21.6 Å². The first-order chi connectivity index (χ1) is 14.0. The van der Waals surface area contributed by atoms with Gasteiger partial charge < -0.3 is 10.6 Å². The van der Waals surface area contributed by atoms with Gasteiger partial charge in [0.1, 0.15) is 5.82 Å². The summed E-state index contributed by atoms with van der Waals surface area (Å²) in [4.78, 5) is 25.0. The van der Waals surface area contributed by atoms with Crippen molar-refractivity contribution in [2.75, 3.05) is 5.32 Å². The second kappa shape index (κ2) is 7.50. The van der Waals surface area contributed by atoms with E-state index in [4.69, 9.17) is 0 Å². The Morgan fingerprint density at radius 3 is 2.79 bits per heavy atom. The molecule has 3 aromatic rings. The minimum Gasteiger partial charge on any atom is -0.332 e. The molecule has 29 heavy (non-hydrogen) atoms. The molecule has 0 saturated carbocycles. The number of nitrogens with one attached hydrogen (secondary N) is 2. The highest BCUT2D eigenvalue weighted by molar-refractivity contribution is 6.07. The summed E-state index contributed by atoms with van der Waals surface area (Å²) in [5, 5.41) is 10.9. The Balaban J connectivity index is 1.67. The number of hydrogen-bond donors (Lipinski definition) is 2. The van der Waals surface area contributed by atoms with E-state index in [0.717, 1.165) is 28.5 Å². The summed E-state index contributed by atoms with van der Waals surface area (Å²) >= 11 is 0. The molecule has 0 aliphatic carbocycles. The summed E-state index contributed by atoms with van der Waals surface area (Å²) in [6.45, 7) is 2.02. The van der Waals surface area contributed by atoms with Crippen LogP contribution in [0.5, 0.6) is 0 Å². The van der Waals surface area contributed by atoms with Crippen molar-refractivity contribution in [3.8, 4) is 0 Å². The maximum Gasteiger partial charge on any atom is 0.253 e. The van der Waals surface area contributed by atoms with Crippen molar-refractivity contribution in [2.45, 2.75) is 25.7 Å². The first kappa shape index (κ1) is 18.9. The highest BCUT2D eigenvalue weighted by Crippen LogP contribution is 2.32. The van der Waals surface area contributed by atoms with Crippen LogP contribution < -0.4 is 10.6 Å². The standard InChI is InChI=1S/C22H21FN4O2/c1-3-13-8-15-11-25-27(2)20(15)10-19(13)26-22(29)18-12-24-21(28)9-17(18)14-4-6-16(23)7-5-14/h4-8,10-12,17H,3,9H2,1-2H3,(H,24,28)(H,26,29)/t17-/m0/s1. The molecule has 0 radical (unpaired) electrons. The van der Waals surface area contributed by atoms with Crippen LogP contribution in [0, 0.1) is 5.82 Å². The van der Waals surface area contributed by atoms with E-state index in [1.165, 1.54) is 18.3 Å². The SMILES string of the molecule is CCc1cc2cnn(C)c2cc1NC(=O)C1=CNC(=O)C[C@H]1c1ccc(F)cc1. The summed E-state index contributed by atoms with van der Waals surface area (Å²) in [6.07, 6.45) is 4.12. The lowest BCUT2D eigenvalue weighted by Crippen LogP contribution is -2.32. The van der Waals surface area contributed by atoms with Crippen LogP contribution in [0.15, 0.2) is 54.4 Å². The summed E-state index contributed by atoms with van der Waals surface area (Å²) in [5.74, 6) is -1.27. The molecule has 1 atom stereocenters. The van der Waals surface area contributed by atoms with Gasteiger partial charge in [0.15, 0.2) is 0 Å². The molecule has 2 amide bonds. The molecule has 0 saturated heterocycles. The minimum atomic E-state index is -0.435. The third-order valence-corrected chi connectivity index (χ3v) is 5.29. The molecule has 0 spiro atoms. The van der Waals surface area contributed by atoms with Gasteiger partial charge in [-0.05, 0) is 41.8 Å². The largest absolute Gasteiger partial charge is 0.332 e. The monoisotopic (exact) mass is 392 g/mol. The molecule has 1 aromatic heterocycles. The Bertz CT molecular complexity index is 1130. The first-order valence-corrected chi connectivity index (χ1v) is 9.47. The molecular formula is C22H21FN4O2. The number of aromatic nitrogens is 2. The van der Waals surface area contributed by atoms with Crippen molar-refractivity contribution in [1.29, 1.82) is 0 Å². The average molecular weight is 392 g/mol. The number of halogens is 1. The van der Waals surface area contributed by atoms with Gasteiger partial charge in [-0.2, -0.15) is 5.10 Å². The summed E-state index contributed by atoms with van der Waals surface area (Å²) in [5.41, 5.74) is 3.78. The summed E-state index contributed by atoms with van der Waals surface area (Å²) in [7, 11) is 1.85. The number of carbonyl (C=O) groups is 2. The quantitative estimate of drug-likeness (QED) is 0.715. The van der Waals surface area contributed by atoms with Crippen molar-refractivity contribution in [2.24, 2.45) is 7.05 Å². The maximum atomic E-state index is 13.3. The molecular weight excluding hydrogens is 371 g/mol. The third-order valence-electron chi connectivity index (χ3n) is 5.29. The Kier molecular flexibility index (Phi) is 4.88. The Morgan fingerprint density at radius 1 is 1.31 bits per heavy atom. The predicted molar refractivity (Wildman–Crippen MR) is 109 cm³/mol. The lowest BCUT2D eigenvalue weighted by molar-refractivity contribution is -0.121. The van der Waals surface area contributed by atoms with Gasteiger partial charge in [0, 0.05) is 42.2 Å². The molecule has 1 aliphatic heterocycles. The zero-order chi connectivity index (χ0) is 20.5. The van der Waals surface area contributed by atoms with E-state index >= 15 is 0 Å². The number of benzene rings is 2. The lowest BCUT2D eigenvalue weighted by atomic mass is 9.86. The van der Waals surface area contributed by atoms with Gasteiger partial charge in [0.05, 0.1) is 11.7 Å². The first-order valence-electron chi connectivity index (χ1n) is 9.47. The normalized spacial score (nSPS) is 16.4. The van der Waals surface area contributed by atoms with Gasteiger partial charge in [0.2, 0.25) is 5.91 Å². The van der Waals surface area contributed by atoms with E-state index in [9.17, 15) is 14.0 Å². The highest BCUT2D eigenvalue weighted by Gasteiger charge is 2.29. The van der Waals surface area contributed by atoms with Crippen molar-refractivity contribution in [1.82, 2.24) is 15.1 Å². The van der Waals surface area contributed by atoms with Gasteiger partial charge >= 0.3 is 0 Å². The molecule has 148 valence electrons. The van der Waals surface area contributed by atoms with Crippen molar-refractivity contribution in [3.63, 3.8) is 0 Å². The Morgan fingerprint density at radius 2 is 2.07 bits per heavy atom. The number of nitrogens with zero attached hydrogens (tertiary/aromatic N) is 2. The van der Waals surface area contributed by atoms with Crippen molar-refractivity contribution >= 4 is 28.4 Å². The predicted octanol–water partition coefficient (Wildman–Crippen LogP) is 3.40. The van der Waals surface area contributed by atoms with Crippen LogP contribution in [0.1, 0.15) is 30.4 Å². The number of fused-ring (bicyclic) bond motifs is 1. The number of anilines is 1. The Labute approximate surface area is 167 Å². The van der Waals surface area contributed by atoms with Gasteiger partial charge in [-0.3, -0.25) is 14.3 Å². The molecule has 1 aliphatic rings. The fraction of sp³-hybridized carbons (Fsp3) is 0.227. The van der Waals surface area contributed by atoms with Crippen molar-refractivity contribution in [3.05, 3.63) is 71.3 Å². The average Bonchev–Trinajstić information content (AvgIpc) is 3.07. The van der Waals surface area contributed by atoms with Crippen LogP contribution in [-0.2, 0) is 23.1 Å². The number of rotatable bonds is 4. The molecule has 4 rings (SSSR count). The van der Waals surface area contributed by atoms with E-state index < -0.39 is 5.92 Å². The second-order valence-electron chi connectivity index (χ2n) is 7.12. The van der Waals surface area contributed by atoms with E-state index in [1.807, 2.05) is 26.1 Å². The van der Waals surface area contributed by atoms with E-state index in [-0.39, 0.29) is 24.1 Å². The molecule has 6 nitrogen and oxygen atoms in total. The zero-order valence-electron chi connectivity index (χ0n) is 16.2. The Hall–Kier alpha value is -3.48. The maximum absolute atomic E-state index is 13.3. The topological polar surface area (TPSA) is 76.0 Å². The molecule has 0 fully saturated rings. The van der Waals surface area contributed by atoms with E-state index in [2.05, 4.69) is 15.7 Å². The van der Waals surface area contributed by atoms with Crippen LogP contribution in [0.25, 0.3) is 10.9 Å². The molecule has 2 aromatic carbocycles. The smallest absolute Gasteiger partial charge is 0.253 e.